The van der Waals surface area contributed by atoms with E-state index >= 15 is 0 Å². The van der Waals surface area contributed by atoms with Crippen molar-refractivity contribution in [3.05, 3.63) is 60.2 Å². The topological polar surface area (TPSA) is 46.6 Å². The van der Waals surface area contributed by atoms with Gasteiger partial charge < -0.3 is 4.74 Å². The molecule has 0 aliphatic heterocycles. The average Bonchev–Trinajstić information content (AvgIpc) is 2.54. The molecule has 2 aromatic rings. The van der Waals surface area contributed by atoms with Crippen molar-refractivity contribution in [1.29, 1.82) is 0 Å². The first-order chi connectivity index (χ1) is 9.96. The molecule has 21 heavy (non-hydrogen) atoms. The van der Waals surface area contributed by atoms with Gasteiger partial charge in [0.05, 0.1) is 12.0 Å². The van der Waals surface area contributed by atoms with E-state index in [2.05, 4.69) is 0 Å². The predicted octanol–water partition coefficient (Wildman–Crippen LogP) is 3.08. The molecule has 0 saturated carbocycles. The highest BCUT2D eigenvalue weighted by Gasteiger charge is 2.26. The Morgan fingerprint density at radius 2 is 1.57 bits per heavy atom. The summed E-state index contributed by atoms with van der Waals surface area (Å²) in [6.07, 6.45) is 0. The van der Waals surface area contributed by atoms with Gasteiger partial charge in [-0.1, -0.05) is 30.3 Å². The van der Waals surface area contributed by atoms with Crippen LogP contribution in [-0.2, 0) is 10.0 Å². The molecule has 0 aliphatic carbocycles. The molecule has 2 aromatic carbocycles. The summed E-state index contributed by atoms with van der Waals surface area (Å²) in [6.45, 7) is 1.87. The molecule has 1 unspecified atom stereocenters. The van der Waals surface area contributed by atoms with Crippen LogP contribution >= 0.6 is 0 Å². The van der Waals surface area contributed by atoms with Gasteiger partial charge >= 0.3 is 0 Å². The Labute approximate surface area is 126 Å². The van der Waals surface area contributed by atoms with Gasteiger partial charge in [0, 0.05) is 13.1 Å². The third-order valence-electron chi connectivity index (χ3n) is 3.56. The second-order valence-corrected chi connectivity index (χ2v) is 6.78. The van der Waals surface area contributed by atoms with Crippen molar-refractivity contribution in [3.8, 4) is 5.75 Å². The lowest BCUT2D eigenvalue weighted by molar-refractivity contribution is 0.398. The second kappa shape index (κ2) is 6.28. The standard InChI is InChI=1S/C16H19NO3S/c1-13(14-7-5-4-6-8-14)17(2)21(18,19)16-11-9-15(20-3)10-12-16/h4-13H,1-3H3. The Morgan fingerprint density at radius 3 is 2.10 bits per heavy atom. The van der Waals surface area contributed by atoms with Crippen LogP contribution in [0.4, 0.5) is 0 Å². The molecule has 4 nitrogen and oxygen atoms in total. The molecule has 0 fully saturated rings. The maximum absolute atomic E-state index is 12.6. The second-order valence-electron chi connectivity index (χ2n) is 4.78. The minimum absolute atomic E-state index is 0.238. The Balaban J connectivity index is 2.29. The summed E-state index contributed by atoms with van der Waals surface area (Å²) >= 11 is 0. The lowest BCUT2D eigenvalue weighted by atomic mass is 10.1. The molecule has 2 rings (SSSR count). The molecule has 0 N–H and O–H groups in total. The van der Waals surface area contributed by atoms with E-state index < -0.39 is 10.0 Å². The quantitative estimate of drug-likeness (QED) is 0.853. The van der Waals surface area contributed by atoms with Gasteiger partial charge in [-0.15, -0.1) is 0 Å². The maximum atomic E-state index is 12.6. The first kappa shape index (κ1) is 15.5. The van der Waals surface area contributed by atoms with Crippen molar-refractivity contribution in [2.45, 2.75) is 17.9 Å². The molecule has 0 saturated heterocycles. The zero-order valence-corrected chi connectivity index (χ0v) is 13.2. The lowest BCUT2D eigenvalue weighted by Gasteiger charge is -2.24. The van der Waals surface area contributed by atoms with E-state index in [1.807, 2.05) is 37.3 Å². The number of sulfonamides is 1. The molecule has 0 amide bonds. The Hall–Kier alpha value is -1.85. The Kier molecular flexibility index (Phi) is 4.65. The lowest BCUT2D eigenvalue weighted by Crippen LogP contribution is -2.29. The van der Waals surface area contributed by atoms with Crippen LogP contribution in [0.2, 0.25) is 0 Å². The van der Waals surface area contributed by atoms with Crippen molar-refractivity contribution >= 4 is 10.0 Å². The van der Waals surface area contributed by atoms with E-state index in [0.29, 0.717) is 5.75 Å². The number of methoxy groups -OCH3 is 1. The molecule has 0 aromatic heterocycles. The SMILES string of the molecule is COc1ccc(S(=O)(=O)N(C)C(C)c2ccccc2)cc1. The number of benzene rings is 2. The summed E-state index contributed by atoms with van der Waals surface area (Å²) in [6, 6.07) is 15.7. The van der Waals surface area contributed by atoms with E-state index in [9.17, 15) is 8.42 Å². The van der Waals surface area contributed by atoms with Gasteiger partial charge in [-0.2, -0.15) is 4.31 Å². The minimum atomic E-state index is -3.53. The first-order valence-electron chi connectivity index (χ1n) is 6.64. The summed E-state index contributed by atoms with van der Waals surface area (Å²) in [5.41, 5.74) is 0.956. The predicted molar refractivity (Wildman–Crippen MR) is 82.8 cm³/mol. The number of hydrogen-bond donors (Lipinski definition) is 0. The molecule has 0 bridgehead atoms. The third-order valence-corrected chi connectivity index (χ3v) is 5.51. The van der Waals surface area contributed by atoms with Gasteiger partial charge in [0.1, 0.15) is 5.75 Å². The molecular formula is C16H19NO3S. The largest absolute Gasteiger partial charge is 0.497 e. The number of ether oxygens (including phenoxy) is 1. The summed E-state index contributed by atoms with van der Waals surface area (Å²) < 4.78 is 31.7. The van der Waals surface area contributed by atoms with Gasteiger partial charge in [0.25, 0.3) is 0 Å². The normalized spacial score (nSPS) is 13.1. The van der Waals surface area contributed by atoms with Crippen LogP contribution in [0.5, 0.6) is 5.75 Å². The van der Waals surface area contributed by atoms with Crippen LogP contribution in [0, 0.1) is 0 Å². The van der Waals surface area contributed by atoms with Crippen molar-refractivity contribution in [1.82, 2.24) is 4.31 Å². The van der Waals surface area contributed by atoms with Crippen molar-refractivity contribution < 1.29 is 13.2 Å². The molecule has 0 aliphatic rings. The van der Waals surface area contributed by atoms with E-state index in [-0.39, 0.29) is 10.9 Å². The summed E-state index contributed by atoms with van der Waals surface area (Å²) in [4.78, 5) is 0.258. The summed E-state index contributed by atoms with van der Waals surface area (Å²) in [7, 11) is -0.390. The molecular weight excluding hydrogens is 286 g/mol. The molecule has 0 radical (unpaired) electrons. The average molecular weight is 305 g/mol. The van der Waals surface area contributed by atoms with Crippen molar-refractivity contribution in [2.75, 3.05) is 14.2 Å². The van der Waals surface area contributed by atoms with E-state index in [1.165, 1.54) is 4.31 Å². The highest BCUT2D eigenvalue weighted by Crippen LogP contribution is 2.26. The van der Waals surface area contributed by atoms with E-state index in [4.69, 9.17) is 4.74 Å². The fourth-order valence-electron chi connectivity index (χ4n) is 2.06. The Bertz CT molecular complexity index is 681. The zero-order chi connectivity index (χ0) is 15.5. The van der Waals surface area contributed by atoms with Crippen LogP contribution in [0.25, 0.3) is 0 Å². The van der Waals surface area contributed by atoms with Crippen LogP contribution < -0.4 is 4.74 Å². The van der Waals surface area contributed by atoms with Gasteiger partial charge in [-0.3, -0.25) is 0 Å². The number of nitrogens with zero attached hydrogens (tertiary/aromatic N) is 1. The highest BCUT2D eigenvalue weighted by molar-refractivity contribution is 7.89. The molecule has 0 heterocycles. The minimum Gasteiger partial charge on any atom is -0.497 e. The smallest absolute Gasteiger partial charge is 0.243 e. The molecule has 0 spiro atoms. The fourth-order valence-corrected chi connectivity index (χ4v) is 3.41. The van der Waals surface area contributed by atoms with Gasteiger partial charge in [0.2, 0.25) is 10.0 Å². The van der Waals surface area contributed by atoms with Crippen molar-refractivity contribution in [3.63, 3.8) is 0 Å². The van der Waals surface area contributed by atoms with Gasteiger partial charge in [-0.05, 0) is 36.8 Å². The van der Waals surface area contributed by atoms with Crippen LogP contribution in [-0.4, -0.2) is 26.9 Å². The van der Waals surface area contributed by atoms with Crippen LogP contribution in [0.1, 0.15) is 18.5 Å². The molecule has 5 heteroatoms. The zero-order valence-electron chi connectivity index (χ0n) is 12.4. The number of hydrogen-bond acceptors (Lipinski definition) is 3. The first-order valence-corrected chi connectivity index (χ1v) is 8.08. The van der Waals surface area contributed by atoms with Gasteiger partial charge in [0.15, 0.2) is 0 Å². The summed E-state index contributed by atoms with van der Waals surface area (Å²) in [5, 5.41) is 0. The van der Waals surface area contributed by atoms with Gasteiger partial charge in [-0.25, -0.2) is 8.42 Å². The van der Waals surface area contributed by atoms with Crippen molar-refractivity contribution in [2.24, 2.45) is 0 Å². The third kappa shape index (κ3) is 3.25. The van der Waals surface area contributed by atoms with E-state index in [0.717, 1.165) is 5.56 Å². The molecule has 1 atom stereocenters. The fraction of sp³-hybridized carbons (Fsp3) is 0.250. The Morgan fingerprint density at radius 1 is 1.00 bits per heavy atom. The molecule has 112 valence electrons. The van der Waals surface area contributed by atoms with Crippen LogP contribution in [0.15, 0.2) is 59.5 Å². The van der Waals surface area contributed by atoms with Crippen LogP contribution in [0.3, 0.4) is 0 Å². The summed E-state index contributed by atoms with van der Waals surface area (Å²) in [5.74, 6) is 0.632. The monoisotopic (exact) mass is 305 g/mol. The highest BCUT2D eigenvalue weighted by atomic mass is 32.2. The number of rotatable bonds is 5. The maximum Gasteiger partial charge on any atom is 0.243 e. The van der Waals surface area contributed by atoms with E-state index in [1.54, 1.807) is 38.4 Å².